The molecule has 0 unspecified atom stereocenters. The second-order valence-corrected chi connectivity index (χ2v) is 5.01. The lowest BCUT2D eigenvalue weighted by molar-refractivity contribution is -0.742. The van der Waals surface area contributed by atoms with Crippen molar-refractivity contribution in [3.8, 4) is 0 Å². The standard InChI is InChI=1S/C12H14BrN5O/c1-3-7-18-12(15-17(2)16-18)14-11(19)9-5-4-6-10(13)8-9/h4-6,8H,3,7H2,1-2H3/p+1. The fourth-order valence-electron chi connectivity index (χ4n) is 1.66. The predicted octanol–water partition coefficient (Wildman–Crippen LogP) is 1.53. The molecule has 0 aliphatic rings. The van der Waals surface area contributed by atoms with E-state index in [4.69, 9.17) is 0 Å². The first kappa shape index (κ1) is 13.7. The average Bonchev–Trinajstić information content (AvgIpc) is 2.70. The van der Waals surface area contributed by atoms with Gasteiger partial charge in [0.15, 0.2) is 0 Å². The van der Waals surface area contributed by atoms with Crippen molar-refractivity contribution in [1.82, 2.24) is 15.1 Å². The van der Waals surface area contributed by atoms with Gasteiger partial charge in [-0.1, -0.05) is 33.7 Å². The number of aryl methyl sites for hydroxylation is 2. The molecule has 1 N–H and O–H groups in total. The van der Waals surface area contributed by atoms with Crippen LogP contribution in [0.4, 0.5) is 5.95 Å². The van der Waals surface area contributed by atoms with E-state index in [0.29, 0.717) is 18.1 Å². The number of tetrazole rings is 1. The molecule has 6 nitrogen and oxygen atoms in total. The molecular formula is C12H15BrN5O+. The van der Waals surface area contributed by atoms with Gasteiger partial charge in [0.25, 0.3) is 5.91 Å². The molecule has 2 rings (SSSR count). The maximum absolute atomic E-state index is 12.1. The van der Waals surface area contributed by atoms with Crippen LogP contribution in [0.5, 0.6) is 0 Å². The molecule has 0 fully saturated rings. The highest BCUT2D eigenvalue weighted by Gasteiger charge is 2.19. The van der Waals surface area contributed by atoms with Crippen molar-refractivity contribution >= 4 is 27.8 Å². The van der Waals surface area contributed by atoms with E-state index in [1.54, 1.807) is 23.9 Å². The molecule has 0 aliphatic heterocycles. The molecule has 100 valence electrons. The Morgan fingerprint density at radius 3 is 3.00 bits per heavy atom. The highest BCUT2D eigenvalue weighted by atomic mass is 79.9. The summed E-state index contributed by atoms with van der Waals surface area (Å²) in [6.07, 6.45) is 0.920. The fraction of sp³-hybridized carbons (Fsp3) is 0.333. The van der Waals surface area contributed by atoms with E-state index in [0.717, 1.165) is 10.9 Å². The first-order valence-electron chi connectivity index (χ1n) is 5.98. The first-order chi connectivity index (χ1) is 9.10. The maximum Gasteiger partial charge on any atom is 0.405 e. The average molecular weight is 325 g/mol. The lowest BCUT2D eigenvalue weighted by Crippen LogP contribution is -2.40. The number of anilines is 1. The lowest BCUT2D eigenvalue weighted by atomic mass is 10.2. The molecule has 0 saturated carbocycles. The summed E-state index contributed by atoms with van der Waals surface area (Å²) in [6.45, 7) is 2.75. The SMILES string of the molecule is CCC[n+]1nn(C)nc1NC(=O)c1cccc(Br)c1. The number of carbonyl (C=O) groups excluding carboxylic acids is 1. The van der Waals surface area contributed by atoms with Crippen LogP contribution in [0.3, 0.4) is 0 Å². The molecule has 1 amide bonds. The monoisotopic (exact) mass is 324 g/mol. The van der Waals surface area contributed by atoms with Gasteiger partial charge < -0.3 is 0 Å². The van der Waals surface area contributed by atoms with Crippen LogP contribution in [0.25, 0.3) is 0 Å². The number of halogens is 1. The summed E-state index contributed by atoms with van der Waals surface area (Å²) >= 11 is 3.34. The fourth-order valence-corrected chi connectivity index (χ4v) is 2.06. The van der Waals surface area contributed by atoms with Gasteiger partial charge in [-0.3, -0.25) is 4.79 Å². The molecule has 1 heterocycles. The van der Waals surface area contributed by atoms with Crippen LogP contribution in [0.1, 0.15) is 23.7 Å². The largest absolute Gasteiger partial charge is 0.405 e. The number of amides is 1. The first-order valence-corrected chi connectivity index (χ1v) is 6.78. The third-order valence-electron chi connectivity index (χ3n) is 2.47. The van der Waals surface area contributed by atoms with Crippen LogP contribution in [-0.2, 0) is 13.6 Å². The van der Waals surface area contributed by atoms with Crippen LogP contribution in [-0.4, -0.2) is 21.0 Å². The minimum atomic E-state index is -0.202. The van der Waals surface area contributed by atoms with Gasteiger partial charge in [0.1, 0.15) is 7.05 Å². The molecule has 1 aromatic carbocycles. The number of hydrogen-bond acceptors (Lipinski definition) is 3. The topological polar surface area (TPSA) is 63.7 Å². The van der Waals surface area contributed by atoms with E-state index < -0.39 is 0 Å². The third kappa shape index (κ3) is 3.37. The predicted molar refractivity (Wildman–Crippen MR) is 73.6 cm³/mol. The number of hydrogen-bond donors (Lipinski definition) is 1. The van der Waals surface area contributed by atoms with Crippen LogP contribution < -0.4 is 10.00 Å². The van der Waals surface area contributed by atoms with E-state index in [-0.39, 0.29) is 5.91 Å². The number of benzene rings is 1. The second kappa shape index (κ2) is 5.92. The second-order valence-electron chi connectivity index (χ2n) is 4.09. The zero-order valence-corrected chi connectivity index (χ0v) is 12.4. The molecule has 2 aromatic rings. The van der Waals surface area contributed by atoms with Crippen LogP contribution in [0.15, 0.2) is 28.7 Å². The normalized spacial score (nSPS) is 10.5. The Morgan fingerprint density at radius 1 is 1.53 bits per heavy atom. The van der Waals surface area contributed by atoms with Gasteiger partial charge in [-0.25, -0.2) is 5.32 Å². The lowest BCUT2D eigenvalue weighted by Gasteiger charge is -1.99. The van der Waals surface area contributed by atoms with Gasteiger partial charge in [-0.15, -0.1) is 4.68 Å². The Morgan fingerprint density at radius 2 is 2.32 bits per heavy atom. The van der Waals surface area contributed by atoms with E-state index in [1.807, 2.05) is 19.1 Å². The van der Waals surface area contributed by atoms with E-state index in [2.05, 4.69) is 31.6 Å². The summed E-state index contributed by atoms with van der Waals surface area (Å²) in [5.74, 6) is 0.251. The van der Waals surface area contributed by atoms with Crippen molar-refractivity contribution in [3.63, 3.8) is 0 Å². The molecule has 1 aromatic heterocycles. The van der Waals surface area contributed by atoms with Gasteiger partial charge in [-0.2, -0.15) is 0 Å². The zero-order valence-electron chi connectivity index (χ0n) is 10.8. The van der Waals surface area contributed by atoms with Crippen molar-refractivity contribution < 1.29 is 9.48 Å². The van der Waals surface area contributed by atoms with Crippen molar-refractivity contribution in [3.05, 3.63) is 34.3 Å². The van der Waals surface area contributed by atoms with Crippen LogP contribution in [0.2, 0.25) is 0 Å². The zero-order chi connectivity index (χ0) is 13.8. The molecule has 0 spiro atoms. The molecule has 0 bridgehead atoms. The molecule has 0 saturated heterocycles. The Bertz CT molecular complexity index is 596. The van der Waals surface area contributed by atoms with Crippen LogP contribution >= 0.6 is 15.9 Å². The van der Waals surface area contributed by atoms with E-state index in [1.165, 1.54) is 4.80 Å². The van der Waals surface area contributed by atoms with Gasteiger partial charge in [0.2, 0.25) is 0 Å². The quantitative estimate of drug-likeness (QED) is 0.867. The molecule has 0 atom stereocenters. The molecule has 19 heavy (non-hydrogen) atoms. The summed E-state index contributed by atoms with van der Waals surface area (Å²) in [6, 6.07) is 7.20. The third-order valence-corrected chi connectivity index (χ3v) is 2.96. The summed E-state index contributed by atoms with van der Waals surface area (Å²) in [4.78, 5) is 13.5. The Kier molecular flexibility index (Phi) is 4.26. The van der Waals surface area contributed by atoms with Crippen molar-refractivity contribution in [2.75, 3.05) is 5.32 Å². The van der Waals surface area contributed by atoms with E-state index in [9.17, 15) is 4.79 Å². The van der Waals surface area contributed by atoms with Crippen molar-refractivity contribution in [1.29, 1.82) is 0 Å². The van der Waals surface area contributed by atoms with Gasteiger partial charge in [0.05, 0.1) is 17.2 Å². The minimum absolute atomic E-state index is 0.202. The number of carbonyl (C=O) groups is 1. The van der Waals surface area contributed by atoms with Crippen molar-refractivity contribution in [2.45, 2.75) is 19.9 Å². The minimum Gasteiger partial charge on any atom is -0.255 e. The van der Waals surface area contributed by atoms with E-state index >= 15 is 0 Å². The maximum atomic E-state index is 12.1. The molecule has 7 heteroatoms. The number of nitrogens with one attached hydrogen (secondary N) is 1. The summed E-state index contributed by atoms with van der Waals surface area (Å²) in [5.41, 5.74) is 0.572. The Labute approximate surface area is 119 Å². The van der Waals surface area contributed by atoms with Crippen LogP contribution in [0, 0.1) is 0 Å². The Hall–Kier alpha value is -1.76. The van der Waals surface area contributed by atoms with Gasteiger partial charge in [-0.05, 0) is 24.6 Å². The molecular weight excluding hydrogens is 310 g/mol. The van der Waals surface area contributed by atoms with Gasteiger partial charge >= 0.3 is 5.95 Å². The summed E-state index contributed by atoms with van der Waals surface area (Å²) in [7, 11) is 1.72. The molecule has 0 aliphatic carbocycles. The highest BCUT2D eigenvalue weighted by Crippen LogP contribution is 2.12. The number of nitrogens with zero attached hydrogens (tertiary/aromatic N) is 4. The highest BCUT2D eigenvalue weighted by molar-refractivity contribution is 9.10. The number of aromatic nitrogens is 4. The summed E-state index contributed by atoms with van der Waals surface area (Å²) < 4.78 is 2.54. The smallest absolute Gasteiger partial charge is 0.255 e. The number of rotatable bonds is 4. The van der Waals surface area contributed by atoms with Crippen molar-refractivity contribution in [2.24, 2.45) is 7.05 Å². The Balaban J connectivity index is 2.19. The van der Waals surface area contributed by atoms with Gasteiger partial charge in [0, 0.05) is 9.69 Å². The molecule has 0 radical (unpaired) electrons. The summed E-state index contributed by atoms with van der Waals surface area (Å²) in [5, 5.41) is 11.1.